The van der Waals surface area contributed by atoms with Gasteiger partial charge in [0.25, 0.3) is 0 Å². The number of hydrogen-bond acceptors (Lipinski definition) is 4. The van der Waals surface area contributed by atoms with Crippen LogP contribution >= 0.6 is 0 Å². The number of aryl methyl sites for hydroxylation is 2. The van der Waals surface area contributed by atoms with E-state index in [1.165, 1.54) is 11.1 Å². The van der Waals surface area contributed by atoms with Crippen LogP contribution in [0.15, 0.2) is 43.0 Å². The first-order valence-electron chi connectivity index (χ1n) is 8.87. The number of aliphatic hydroxyl groups is 1. The molecule has 0 radical (unpaired) electrons. The number of fused-ring (bicyclic) bond motifs is 1. The third-order valence-electron chi connectivity index (χ3n) is 4.51. The monoisotopic (exact) mass is 329 g/mol. The van der Waals surface area contributed by atoms with E-state index in [1.54, 1.807) is 6.20 Å². The minimum absolute atomic E-state index is 0.130. The van der Waals surface area contributed by atoms with Crippen molar-refractivity contribution in [2.45, 2.75) is 44.4 Å². The summed E-state index contributed by atoms with van der Waals surface area (Å²) in [7, 11) is 0. The molecule has 1 aliphatic rings. The lowest BCUT2D eigenvalue weighted by Gasteiger charge is -2.26. The van der Waals surface area contributed by atoms with E-state index in [4.69, 9.17) is 4.74 Å². The van der Waals surface area contributed by atoms with Crippen LogP contribution in [0.2, 0.25) is 0 Å². The summed E-state index contributed by atoms with van der Waals surface area (Å²) in [6, 6.07) is 8.49. The fourth-order valence-corrected chi connectivity index (χ4v) is 3.24. The van der Waals surface area contributed by atoms with E-state index in [-0.39, 0.29) is 6.10 Å². The van der Waals surface area contributed by atoms with Crippen LogP contribution in [0.3, 0.4) is 0 Å². The SMILES string of the molecule is O[C@H](CNCCCn1ccnc1)CO[C@H]1CCCc2ccccc21. The van der Waals surface area contributed by atoms with Gasteiger partial charge in [-0.1, -0.05) is 24.3 Å². The van der Waals surface area contributed by atoms with Gasteiger partial charge in [-0.05, 0) is 43.4 Å². The summed E-state index contributed by atoms with van der Waals surface area (Å²) in [6.07, 6.45) is 9.59. The third-order valence-corrected chi connectivity index (χ3v) is 4.51. The minimum Gasteiger partial charge on any atom is -0.389 e. The highest BCUT2D eigenvalue weighted by Gasteiger charge is 2.21. The molecule has 0 saturated heterocycles. The second kappa shape index (κ2) is 8.97. The van der Waals surface area contributed by atoms with E-state index >= 15 is 0 Å². The molecule has 1 aromatic carbocycles. The molecule has 1 aliphatic carbocycles. The van der Waals surface area contributed by atoms with Gasteiger partial charge >= 0.3 is 0 Å². The molecule has 0 saturated carbocycles. The van der Waals surface area contributed by atoms with Crippen molar-refractivity contribution in [2.75, 3.05) is 19.7 Å². The highest BCUT2D eigenvalue weighted by molar-refractivity contribution is 5.31. The van der Waals surface area contributed by atoms with Gasteiger partial charge in [0.05, 0.1) is 25.1 Å². The van der Waals surface area contributed by atoms with Crippen LogP contribution in [-0.2, 0) is 17.7 Å². The van der Waals surface area contributed by atoms with Crippen LogP contribution in [0.1, 0.15) is 36.5 Å². The van der Waals surface area contributed by atoms with E-state index in [9.17, 15) is 5.11 Å². The predicted molar refractivity (Wildman–Crippen MR) is 93.8 cm³/mol. The van der Waals surface area contributed by atoms with Crippen LogP contribution in [0.25, 0.3) is 0 Å². The lowest BCUT2D eigenvalue weighted by atomic mass is 9.89. The van der Waals surface area contributed by atoms with Gasteiger partial charge in [0.2, 0.25) is 0 Å². The second-order valence-corrected chi connectivity index (χ2v) is 6.43. The molecular weight excluding hydrogens is 302 g/mol. The van der Waals surface area contributed by atoms with E-state index in [2.05, 4.69) is 39.1 Å². The molecule has 5 heteroatoms. The Bertz CT molecular complexity index is 600. The molecule has 0 aliphatic heterocycles. The molecule has 5 nitrogen and oxygen atoms in total. The first-order chi connectivity index (χ1) is 11.8. The van der Waals surface area contributed by atoms with Gasteiger partial charge in [0.1, 0.15) is 0 Å². The molecule has 3 rings (SSSR count). The highest BCUT2D eigenvalue weighted by atomic mass is 16.5. The standard InChI is InChI=1S/C19H27N3O2/c23-17(13-20-9-4-11-22-12-10-21-15-22)14-24-19-8-3-6-16-5-1-2-7-18(16)19/h1-2,5,7,10,12,15,17,19-20,23H,3-4,6,8-9,11,13-14H2/t17-,19+/m1/s1. The number of nitrogens with zero attached hydrogens (tertiary/aromatic N) is 2. The molecule has 1 heterocycles. The second-order valence-electron chi connectivity index (χ2n) is 6.43. The van der Waals surface area contributed by atoms with Crippen molar-refractivity contribution in [3.63, 3.8) is 0 Å². The molecule has 0 fully saturated rings. The molecule has 24 heavy (non-hydrogen) atoms. The normalized spacial score (nSPS) is 18.3. The molecule has 130 valence electrons. The first kappa shape index (κ1) is 17.1. The number of imidazole rings is 1. The van der Waals surface area contributed by atoms with Gasteiger partial charge in [0, 0.05) is 25.5 Å². The van der Waals surface area contributed by atoms with Crippen LogP contribution in [0.4, 0.5) is 0 Å². The Balaban J connectivity index is 1.32. The molecule has 0 bridgehead atoms. The van der Waals surface area contributed by atoms with E-state index in [0.717, 1.165) is 38.8 Å². The number of nitrogens with one attached hydrogen (secondary N) is 1. The van der Waals surface area contributed by atoms with Crippen LogP contribution in [-0.4, -0.2) is 40.5 Å². The Hall–Kier alpha value is -1.69. The van der Waals surface area contributed by atoms with Gasteiger partial charge in [-0.2, -0.15) is 0 Å². The maximum Gasteiger partial charge on any atom is 0.0945 e. The highest BCUT2D eigenvalue weighted by Crippen LogP contribution is 2.32. The Morgan fingerprint density at radius 3 is 3.17 bits per heavy atom. The zero-order valence-electron chi connectivity index (χ0n) is 14.1. The van der Waals surface area contributed by atoms with Crippen molar-refractivity contribution in [1.82, 2.24) is 14.9 Å². The van der Waals surface area contributed by atoms with Crippen LogP contribution in [0, 0.1) is 0 Å². The van der Waals surface area contributed by atoms with Gasteiger partial charge in [0.15, 0.2) is 0 Å². The van der Waals surface area contributed by atoms with E-state index in [1.807, 2.05) is 12.5 Å². The first-order valence-corrected chi connectivity index (χ1v) is 8.87. The van der Waals surface area contributed by atoms with Gasteiger partial charge < -0.3 is 19.7 Å². The quantitative estimate of drug-likeness (QED) is 0.693. The number of rotatable bonds is 9. The van der Waals surface area contributed by atoms with Crippen molar-refractivity contribution in [3.05, 3.63) is 54.1 Å². The molecule has 2 N–H and O–H groups in total. The Labute approximate surface area is 143 Å². The number of aromatic nitrogens is 2. The summed E-state index contributed by atoms with van der Waals surface area (Å²) >= 11 is 0. The van der Waals surface area contributed by atoms with Crippen molar-refractivity contribution in [3.8, 4) is 0 Å². The lowest BCUT2D eigenvalue weighted by Crippen LogP contribution is -2.32. The maximum absolute atomic E-state index is 10.1. The predicted octanol–water partition coefficient (Wildman–Crippen LogP) is 2.32. The smallest absolute Gasteiger partial charge is 0.0945 e. The van der Waals surface area contributed by atoms with Crippen LogP contribution < -0.4 is 5.32 Å². The number of ether oxygens (including phenoxy) is 1. The minimum atomic E-state index is -0.465. The number of aliphatic hydroxyl groups excluding tert-OH is 1. The van der Waals surface area contributed by atoms with Crippen molar-refractivity contribution in [2.24, 2.45) is 0 Å². The van der Waals surface area contributed by atoms with Crippen molar-refractivity contribution < 1.29 is 9.84 Å². The maximum atomic E-state index is 10.1. The third kappa shape index (κ3) is 4.90. The Morgan fingerprint density at radius 1 is 1.38 bits per heavy atom. The molecule has 0 spiro atoms. The van der Waals surface area contributed by atoms with Gasteiger partial charge in [-0.15, -0.1) is 0 Å². The lowest BCUT2D eigenvalue weighted by molar-refractivity contribution is -0.0166. The molecule has 2 atom stereocenters. The summed E-state index contributed by atoms with van der Waals surface area (Å²) in [6.45, 7) is 2.77. The molecule has 1 aromatic heterocycles. The summed E-state index contributed by atoms with van der Waals surface area (Å²) in [4.78, 5) is 4.02. The summed E-state index contributed by atoms with van der Waals surface area (Å²) in [5.41, 5.74) is 2.69. The van der Waals surface area contributed by atoms with E-state index in [0.29, 0.717) is 13.2 Å². The summed E-state index contributed by atoms with van der Waals surface area (Å²) in [5, 5.41) is 13.4. The van der Waals surface area contributed by atoms with E-state index < -0.39 is 6.10 Å². The number of benzene rings is 1. The van der Waals surface area contributed by atoms with Crippen molar-refractivity contribution >= 4 is 0 Å². The fourth-order valence-electron chi connectivity index (χ4n) is 3.24. The average molecular weight is 329 g/mol. The Kier molecular flexibility index (Phi) is 6.41. The zero-order chi connectivity index (χ0) is 16.6. The molecule has 0 unspecified atom stereocenters. The van der Waals surface area contributed by atoms with Crippen LogP contribution in [0.5, 0.6) is 0 Å². The van der Waals surface area contributed by atoms with Gasteiger partial charge in [-0.25, -0.2) is 4.98 Å². The average Bonchev–Trinajstić information content (AvgIpc) is 3.13. The molecular formula is C19H27N3O2. The Morgan fingerprint density at radius 2 is 2.29 bits per heavy atom. The molecule has 2 aromatic rings. The fraction of sp³-hybridized carbons (Fsp3) is 0.526. The topological polar surface area (TPSA) is 59.3 Å². The van der Waals surface area contributed by atoms with Gasteiger partial charge in [-0.3, -0.25) is 0 Å². The molecule has 0 amide bonds. The summed E-state index contributed by atoms with van der Waals surface area (Å²) < 4.78 is 8.04. The zero-order valence-corrected chi connectivity index (χ0v) is 14.1. The largest absolute Gasteiger partial charge is 0.389 e. The van der Waals surface area contributed by atoms with Crippen molar-refractivity contribution in [1.29, 1.82) is 0 Å². The number of hydrogen-bond donors (Lipinski definition) is 2. The summed E-state index contributed by atoms with van der Waals surface area (Å²) in [5.74, 6) is 0.